The number of para-hydroxylation sites is 1. The first-order valence-electron chi connectivity index (χ1n) is 9.47. The van der Waals surface area contributed by atoms with Crippen molar-refractivity contribution in [2.24, 2.45) is 0 Å². The van der Waals surface area contributed by atoms with Crippen LogP contribution in [0, 0.1) is 0 Å². The number of hydrogen-bond donors (Lipinski definition) is 2. The smallest absolute Gasteiger partial charge is 0.329 e. The second-order valence-corrected chi connectivity index (χ2v) is 6.54. The summed E-state index contributed by atoms with van der Waals surface area (Å²) in [6, 6.07) is 15.1. The zero-order valence-corrected chi connectivity index (χ0v) is 17.2. The Hall–Kier alpha value is -3.55. The van der Waals surface area contributed by atoms with Gasteiger partial charge in [0.15, 0.2) is 12.7 Å². The van der Waals surface area contributed by atoms with Crippen molar-refractivity contribution in [2.45, 2.75) is 32.5 Å². The minimum atomic E-state index is -1.00. The molecule has 2 N–H and O–H groups in total. The molecule has 30 heavy (non-hydrogen) atoms. The Morgan fingerprint density at radius 1 is 0.933 bits per heavy atom. The second kappa shape index (κ2) is 11.5. The van der Waals surface area contributed by atoms with Gasteiger partial charge < -0.3 is 24.8 Å². The molecule has 0 saturated carbocycles. The van der Waals surface area contributed by atoms with E-state index < -0.39 is 29.9 Å². The monoisotopic (exact) mass is 414 g/mol. The summed E-state index contributed by atoms with van der Waals surface area (Å²) in [6.45, 7) is 2.99. The third kappa shape index (κ3) is 7.46. The van der Waals surface area contributed by atoms with Crippen LogP contribution < -0.4 is 20.1 Å². The van der Waals surface area contributed by atoms with Gasteiger partial charge in [0, 0.05) is 6.54 Å². The first kappa shape index (κ1) is 22.7. The number of carbonyl (C=O) groups is 3. The van der Waals surface area contributed by atoms with Gasteiger partial charge in [0.2, 0.25) is 0 Å². The predicted octanol–water partition coefficient (Wildman–Crippen LogP) is 1.83. The van der Waals surface area contributed by atoms with Gasteiger partial charge >= 0.3 is 5.97 Å². The molecule has 8 heteroatoms. The van der Waals surface area contributed by atoms with E-state index >= 15 is 0 Å². The van der Waals surface area contributed by atoms with E-state index in [0.29, 0.717) is 5.75 Å². The van der Waals surface area contributed by atoms with Crippen molar-refractivity contribution >= 4 is 17.8 Å². The molecular formula is C22H26N2O6. The van der Waals surface area contributed by atoms with Crippen LogP contribution in [0.15, 0.2) is 54.6 Å². The van der Waals surface area contributed by atoms with Crippen LogP contribution in [0.1, 0.15) is 19.4 Å². The quantitative estimate of drug-likeness (QED) is 0.575. The summed E-state index contributed by atoms with van der Waals surface area (Å²) in [6.07, 6.45) is -1.00. The van der Waals surface area contributed by atoms with Gasteiger partial charge in [-0.05, 0) is 43.7 Å². The maximum absolute atomic E-state index is 12.2. The third-order valence-corrected chi connectivity index (χ3v) is 4.13. The van der Waals surface area contributed by atoms with Crippen LogP contribution in [0.3, 0.4) is 0 Å². The van der Waals surface area contributed by atoms with Gasteiger partial charge in [-0.25, -0.2) is 4.79 Å². The molecule has 0 aliphatic rings. The summed E-state index contributed by atoms with van der Waals surface area (Å²) >= 11 is 0. The maximum Gasteiger partial charge on any atom is 0.329 e. The first-order chi connectivity index (χ1) is 14.4. The fraction of sp³-hybridized carbons (Fsp3) is 0.318. The van der Waals surface area contributed by atoms with E-state index in [-0.39, 0.29) is 13.2 Å². The number of rotatable bonds is 10. The SMILES string of the molecule is COc1ccc(CNC(=O)[C@@H](C)OC(=O)[C@H](C)NC(=O)COc2ccccc2)cc1. The minimum absolute atomic E-state index is 0.237. The standard InChI is InChI=1S/C22H26N2O6/c1-15(24-20(25)14-29-19-7-5-4-6-8-19)22(27)30-16(2)21(26)23-13-17-9-11-18(28-3)12-10-17/h4-12,15-16H,13-14H2,1-3H3,(H,23,26)(H,24,25)/t15-,16+/m0/s1. The summed E-state index contributed by atoms with van der Waals surface area (Å²) in [5, 5.41) is 5.18. The molecule has 0 bridgehead atoms. The molecule has 8 nitrogen and oxygen atoms in total. The molecule has 0 fully saturated rings. The zero-order valence-electron chi connectivity index (χ0n) is 17.2. The highest BCUT2D eigenvalue weighted by Crippen LogP contribution is 2.11. The zero-order chi connectivity index (χ0) is 21.9. The highest BCUT2D eigenvalue weighted by atomic mass is 16.5. The fourth-order valence-corrected chi connectivity index (χ4v) is 2.41. The molecule has 2 atom stereocenters. The number of hydrogen-bond acceptors (Lipinski definition) is 6. The van der Waals surface area contributed by atoms with E-state index in [1.165, 1.54) is 13.8 Å². The van der Waals surface area contributed by atoms with E-state index in [1.807, 2.05) is 18.2 Å². The molecule has 160 valence electrons. The lowest BCUT2D eigenvalue weighted by Crippen LogP contribution is -2.44. The molecule has 2 aromatic carbocycles. The average molecular weight is 414 g/mol. The van der Waals surface area contributed by atoms with Gasteiger partial charge in [-0.15, -0.1) is 0 Å². The molecule has 0 heterocycles. The van der Waals surface area contributed by atoms with Crippen LogP contribution in [0.4, 0.5) is 0 Å². The van der Waals surface area contributed by atoms with E-state index in [1.54, 1.807) is 43.5 Å². The van der Waals surface area contributed by atoms with Crippen molar-refractivity contribution in [1.29, 1.82) is 0 Å². The van der Waals surface area contributed by atoms with Crippen molar-refractivity contribution in [3.63, 3.8) is 0 Å². The Kier molecular flexibility index (Phi) is 8.68. The third-order valence-electron chi connectivity index (χ3n) is 4.13. The van der Waals surface area contributed by atoms with Crippen molar-refractivity contribution in [1.82, 2.24) is 10.6 Å². The Morgan fingerprint density at radius 3 is 2.23 bits per heavy atom. The lowest BCUT2D eigenvalue weighted by molar-refractivity contribution is -0.157. The maximum atomic E-state index is 12.2. The molecular weight excluding hydrogens is 388 g/mol. The van der Waals surface area contributed by atoms with E-state index in [2.05, 4.69) is 10.6 Å². The average Bonchev–Trinajstić information content (AvgIpc) is 2.76. The summed E-state index contributed by atoms with van der Waals surface area (Å²) < 4.78 is 15.5. The van der Waals surface area contributed by atoms with Crippen molar-refractivity contribution in [2.75, 3.05) is 13.7 Å². The van der Waals surface area contributed by atoms with Gasteiger partial charge in [0.25, 0.3) is 11.8 Å². The van der Waals surface area contributed by atoms with E-state index in [0.717, 1.165) is 11.3 Å². The van der Waals surface area contributed by atoms with Crippen LogP contribution in [0.2, 0.25) is 0 Å². The van der Waals surface area contributed by atoms with Gasteiger partial charge in [-0.3, -0.25) is 9.59 Å². The molecule has 2 aromatic rings. The summed E-state index contributed by atoms with van der Waals surface area (Å²) in [4.78, 5) is 36.2. The normalized spacial score (nSPS) is 12.2. The number of amides is 2. The van der Waals surface area contributed by atoms with Gasteiger partial charge in [-0.2, -0.15) is 0 Å². The molecule has 0 unspecified atom stereocenters. The highest BCUT2D eigenvalue weighted by molar-refractivity contribution is 5.87. The number of benzene rings is 2. The molecule has 0 aliphatic carbocycles. The van der Waals surface area contributed by atoms with Gasteiger partial charge in [0.1, 0.15) is 17.5 Å². The summed E-state index contributed by atoms with van der Waals surface area (Å²) in [5.41, 5.74) is 0.877. The minimum Gasteiger partial charge on any atom is -0.497 e. The Labute approximate surface area is 175 Å². The predicted molar refractivity (Wildman–Crippen MR) is 110 cm³/mol. The molecule has 0 radical (unpaired) electrons. The van der Waals surface area contributed by atoms with E-state index in [9.17, 15) is 14.4 Å². The van der Waals surface area contributed by atoms with E-state index in [4.69, 9.17) is 14.2 Å². The van der Waals surface area contributed by atoms with Gasteiger partial charge in [-0.1, -0.05) is 30.3 Å². The summed E-state index contributed by atoms with van der Waals surface area (Å²) in [7, 11) is 1.58. The topological polar surface area (TPSA) is 103 Å². The molecule has 0 aliphatic heterocycles. The summed E-state index contributed by atoms with van der Waals surface area (Å²) in [5.74, 6) is -0.359. The first-order valence-corrected chi connectivity index (χ1v) is 9.47. The Morgan fingerprint density at radius 2 is 1.60 bits per heavy atom. The molecule has 0 saturated heterocycles. The Balaban J connectivity index is 1.72. The molecule has 2 amide bonds. The van der Waals surface area contributed by atoms with Crippen molar-refractivity contribution in [3.8, 4) is 11.5 Å². The number of nitrogens with one attached hydrogen (secondary N) is 2. The van der Waals surface area contributed by atoms with Crippen LogP contribution in [0.5, 0.6) is 11.5 Å². The molecule has 2 rings (SSSR count). The number of ether oxygens (including phenoxy) is 3. The molecule has 0 aromatic heterocycles. The van der Waals surface area contributed by atoms with Crippen LogP contribution in [-0.2, 0) is 25.7 Å². The Bertz CT molecular complexity index is 838. The van der Waals surface area contributed by atoms with Crippen molar-refractivity contribution in [3.05, 3.63) is 60.2 Å². The van der Waals surface area contributed by atoms with Crippen LogP contribution >= 0.6 is 0 Å². The number of esters is 1. The fourth-order valence-electron chi connectivity index (χ4n) is 2.41. The lowest BCUT2D eigenvalue weighted by Gasteiger charge is -2.17. The van der Waals surface area contributed by atoms with Crippen LogP contribution in [0.25, 0.3) is 0 Å². The lowest BCUT2D eigenvalue weighted by atomic mass is 10.2. The van der Waals surface area contributed by atoms with Crippen molar-refractivity contribution < 1.29 is 28.6 Å². The van der Waals surface area contributed by atoms with Gasteiger partial charge in [0.05, 0.1) is 7.11 Å². The molecule has 0 spiro atoms. The second-order valence-electron chi connectivity index (χ2n) is 6.54. The highest BCUT2D eigenvalue weighted by Gasteiger charge is 2.23. The van der Waals surface area contributed by atoms with Crippen LogP contribution in [-0.4, -0.2) is 43.6 Å². The largest absolute Gasteiger partial charge is 0.497 e. The number of methoxy groups -OCH3 is 1. The number of carbonyl (C=O) groups excluding carboxylic acids is 3.